The molecule has 1 aromatic heterocycles. The second-order valence-electron chi connectivity index (χ2n) is 11.7. The Bertz CT molecular complexity index is 2540. The van der Waals surface area contributed by atoms with E-state index in [4.69, 9.17) is 0 Å². The Balaban J connectivity index is 1.40. The second-order valence-corrected chi connectivity index (χ2v) is 11.7. The van der Waals surface area contributed by atoms with Crippen LogP contribution in [-0.4, -0.2) is 4.57 Å². The van der Waals surface area contributed by atoms with Gasteiger partial charge in [0.1, 0.15) is 0 Å². The lowest BCUT2D eigenvalue weighted by molar-refractivity contribution is 1.06. The molecular formula is C45H31NO. The second kappa shape index (κ2) is 11.6. The van der Waals surface area contributed by atoms with E-state index < -0.39 is 0 Å². The van der Waals surface area contributed by atoms with Crippen LogP contribution >= 0.6 is 0 Å². The van der Waals surface area contributed by atoms with Gasteiger partial charge in [-0.05, 0) is 91.0 Å². The zero-order chi connectivity index (χ0) is 31.9. The number of aromatic nitrogens is 1. The third-order valence-electron chi connectivity index (χ3n) is 9.17. The Hall–Kier alpha value is -6.25. The molecule has 0 aliphatic heterocycles. The van der Waals surface area contributed by atoms with Crippen LogP contribution in [0.5, 0.6) is 0 Å². The lowest BCUT2D eigenvalue weighted by Gasteiger charge is -2.21. The van der Waals surface area contributed by atoms with E-state index in [0.717, 1.165) is 66.1 Å². The van der Waals surface area contributed by atoms with E-state index in [0.29, 0.717) is 5.39 Å². The molecule has 0 bridgehead atoms. The summed E-state index contributed by atoms with van der Waals surface area (Å²) >= 11 is 0. The number of benzene rings is 7. The SMILES string of the molecule is C=Cc1c(C=C)c(-c2ccc3c(c2)c2ccccc2c(=O)n3-c2ccccc2)c2ccccc2c1-c1ccc(-c2ccccc2)cc1. The number of para-hydroxylation sites is 1. The van der Waals surface area contributed by atoms with Crippen molar-refractivity contribution in [1.82, 2.24) is 4.57 Å². The van der Waals surface area contributed by atoms with E-state index in [9.17, 15) is 4.79 Å². The fourth-order valence-electron chi connectivity index (χ4n) is 7.05. The molecule has 0 amide bonds. The number of nitrogens with zero attached hydrogens (tertiary/aromatic N) is 1. The molecule has 2 heteroatoms. The van der Waals surface area contributed by atoms with Crippen molar-refractivity contribution < 1.29 is 0 Å². The van der Waals surface area contributed by atoms with Gasteiger partial charge in [0.05, 0.1) is 5.52 Å². The number of pyridine rings is 1. The number of rotatable bonds is 6. The molecule has 0 saturated carbocycles. The molecule has 0 fully saturated rings. The quantitative estimate of drug-likeness (QED) is 0.174. The van der Waals surface area contributed by atoms with Crippen molar-refractivity contribution in [3.63, 3.8) is 0 Å². The average molecular weight is 602 g/mol. The molecule has 0 radical (unpaired) electrons. The summed E-state index contributed by atoms with van der Waals surface area (Å²) in [7, 11) is 0. The van der Waals surface area contributed by atoms with Crippen molar-refractivity contribution in [2.45, 2.75) is 0 Å². The van der Waals surface area contributed by atoms with Gasteiger partial charge in [-0.15, -0.1) is 0 Å². The summed E-state index contributed by atoms with van der Waals surface area (Å²) in [6, 6.07) is 52.0. The highest BCUT2D eigenvalue weighted by atomic mass is 16.1. The minimum Gasteiger partial charge on any atom is -0.276 e. The maximum absolute atomic E-state index is 13.9. The first-order valence-corrected chi connectivity index (χ1v) is 15.8. The van der Waals surface area contributed by atoms with Gasteiger partial charge >= 0.3 is 0 Å². The molecule has 2 nitrogen and oxygen atoms in total. The van der Waals surface area contributed by atoms with Gasteiger partial charge in [0.15, 0.2) is 0 Å². The number of hydrogen-bond acceptors (Lipinski definition) is 1. The van der Waals surface area contributed by atoms with Crippen LogP contribution in [0.4, 0.5) is 0 Å². The summed E-state index contributed by atoms with van der Waals surface area (Å²) in [4.78, 5) is 13.9. The Labute approximate surface area is 273 Å². The zero-order valence-corrected chi connectivity index (χ0v) is 25.9. The molecular weight excluding hydrogens is 571 g/mol. The van der Waals surface area contributed by atoms with E-state index in [1.54, 1.807) is 0 Å². The highest BCUT2D eigenvalue weighted by Crippen LogP contribution is 2.44. The lowest BCUT2D eigenvalue weighted by atomic mass is 9.83. The first-order valence-electron chi connectivity index (χ1n) is 15.8. The van der Waals surface area contributed by atoms with Crippen LogP contribution < -0.4 is 5.56 Å². The molecule has 0 atom stereocenters. The van der Waals surface area contributed by atoms with Crippen molar-refractivity contribution in [2.24, 2.45) is 0 Å². The molecule has 7 aromatic carbocycles. The third-order valence-corrected chi connectivity index (χ3v) is 9.17. The molecule has 0 saturated heterocycles. The minimum atomic E-state index is -0.0270. The molecule has 222 valence electrons. The fourth-order valence-corrected chi connectivity index (χ4v) is 7.05. The summed E-state index contributed by atoms with van der Waals surface area (Å²) in [6.07, 6.45) is 3.91. The van der Waals surface area contributed by atoms with E-state index in [2.05, 4.69) is 104 Å². The first-order chi connectivity index (χ1) is 23.2. The topological polar surface area (TPSA) is 22.0 Å². The summed E-state index contributed by atoms with van der Waals surface area (Å²) in [5.74, 6) is 0. The van der Waals surface area contributed by atoms with Crippen molar-refractivity contribution in [3.05, 3.63) is 186 Å². The van der Waals surface area contributed by atoms with Crippen molar-refractivity contribution in [2.75, 3.05) is 0 Å². The van der Waals surface area contributed by atoms with Crippen LogP contribution in [0.3, 0.4) is 0 Å². The Morgan fingerprint density at radius 1 is 0.426 bits per heavy atom. The van der Waals surface area contributed by atoms with Gasteiger partial charge in [0.25, 0.3) is 5.56 Å². The van der Waals surface area contributed by atoms with Crippen LogP contribution in [0.1, 0.15) is 11.1 Å². The Morgan fingerprint density at radius 3 is 1.51 bits per heavy atom. The van der Waals surface area contributed by atoms with Gasteiger partial charge in [-0.1, -0.05) is 147 Å². The van der Waals surface area contributed by atoms with E-state index in [1.807, 2.05) is 77.4 Å². The molecule has 0 N–H and O–H groups in total. The molecule has 0 aliphatic rings. The summed E-state index contributed by atoms with van der Waals surface area (Å²) < 4.78 is 1.82. The van der Waals surface area contributed by atoms with E-state index >= 15 is 0 Å². The van der Waals surface area contributed by atoms with Gasteiger partial charge in [-0.2, -0.15) is 0 Å². The summed E-state index contributed by atoms with van der Waals surface area (Å²) in [6.45, 7) is 8.60. The van der Waals surface area contributed by atoms with Gasteiger partial charge in [-0.25, -0.2) is 0 Å². The average Bonchev–Trinajstić information content (AvgIpc) is 3.14. The monoisotopic (exact) mass is 601 g/mol. The van der Waals surface area contributed by atoms with Crippen LogP contribution in [-0.2, 0) is 0 Å². The Morgan fingerprint density at radius 2 is 0.894 bits per heavy atom. The van der Waals surface area contributed by atoms with Gasteiger partial charge in [0, 0.05) is 16.5 Å². The highest BCUT2D eigenvalue weighted by Gasteiger charge is 2.20. The van der Waals surface area contributed by atoms with Crippen LogP contribution in [0.15, 0.2) is 170 Å². The van der Waals surface area contributed by atoms with Gasteiger partial charge < -0.3 is 0 Å². The van der Waals surface area contributed by atoms with E-state index in [1.165, 1.54) is 11.1 Å². The molecule has 0 aliphatic carbocycles. The lowest BCUT2D eigenvalue weighted by Crippen LogP contribution is -2.19. The van der Waals surface area contributed by atoms with Crippen LogP contribution in [0, 0.1) is 0 Å². The standard InChI is InChI=1S/C45H31NO/c1-3-35-36(4-2)44(39-21-13-12-20-38(39)43(35)32-25-23-31(24-26-32)30-15-7-5-8-16-30)33-27-28-42-41(29-33)37-19-11-14-22-40(37)45(47)46(42)34-17-9-6-10-18-34/h3-29H,1-2H2. The maximum atomic E-state index is 13.9. The van der Waals surface area contributed by atoms with Gasteiger partial charge in [0.2, 0.25) is 0 Å². The van der Waals surface area contributed by atoms with Gasteiger partial charge in [-0.3, -0.25) is 9.36 Å². The van der Waals surface area contributed by atoms with Crippen molar-refractivity contribution >= 4 is 44.6 Å². The molecule has 8 rings (SSSR count). The molecule has 8 aromatic rings. The predicted octanol–water partition coefficient (Wildman–Crippen LogP) is 11.6. The van der Waals surface area contributed by atoms with Crippen molar-refractivity contribution in [3.8, 4) is 39.1 Å². The normalized spacial score (nSPS) is 11.2. The predicted molar refractivity (Wildman–Crippen MR) is 201 cm³/mol. The van der Waals surface area contributed by atoms with E-state index in [-0.39, 0.29) is 5.56 Å². The smallest absolute Gasteiger partial charge is 0.263 e. The molecule has 0 unspecified atom stereocenters. The largest absolute Gasteiger partial charge is 0.276 e. The Kier molecular flexibility index (Phi) is 6.97. The maximum Gasteiger partial charge on any atom is 0.263 e. The van der Waals surface area contributed by atoms with Crippen LogP contribution in [0.25, 0.3) is 83.7 Å². The van der Waals surface area contributed by atoms with Crippen LogP contribution in [0.2, 0.25) is 0 Å². The number of fused-ring (bicyclic) bond motifs is 4. The third kappa shape index (κ3) is 4.62. The molecule has 1 heterocycles. The zero-order valence-electron chi connectivity index (χ0n) is 25.9. The number of hydrogen-bond donors (Lipinski definition) is 0. The highest BCUT2D eigenvalue weighted by molar-refractivity contribution is 6.14. The first kappa shape index (κ1) is 28.2. The van der Waals surface area contributed by atoms with Crippen molar-refractivity contribution in [1.29, 1.82) is 0 Å². The molecule has 0 spiro atoms. The fraction of sp³-hybridized carbons (Fsp3) is 0. The summed E-state index contributed by atoms with van der Waals surface area (Å²) in [5.41, 5.74) is 10.5. The minimum absolute atomic E-state index is 0.0270. The molecule has 47 heavy (non-hydrogen) atoms. The summed E-state index contributed by atoms with van der Waals surface area (Å²) in [5, 5.41) is 4.92.